The van der Waals surface area contributed by atoms with E-state index in [-0.39, 0.29) is 6.61 Å². The van der Waals surface area contributed by atoms with Crippen LogP contribution in [0, 0.1) is 20.8 Å². The number of aromatic nitrogens is 2. The lowest BCUT2D eigenvalue weighted by Crippen LogP contribution is -2.00. The molecule has 0 saturated carbocycles. The zero-order chi connectivity index (χ0) is 12.6. The second-order valence-corrected chi connectivity index (χ2v) is 4.50. The van der Waals surface area contributed by atoms with Crippen molar-refractivity contribution < 1.29 is 5.11 Å². The van der Waals surface area contributed by atoms with Crippen LogP contribution < -0.4 is 0 Å². The van der Waals surface area contributed by atoms with E-state index in [9.17, 15) is 5.11 Å². The fraction of sp³-hybridized carbons (Fsp3) is 0.357. The predicted octanol–water partition coefficient (Wildman–Crippen LogP) is 2.50. The lowest BCUT2D eigenvalue weighted by molar-refractivity contribution is 0.272. The van der Waals surface area contributed by atoms with Gasteiger partial charge in [0.05, 0.1) is 18.0 Å². The van der Waals surface area contributed by atoms with E-state index in [1.165, 1.54) is 11.1 Å². The molecule has 90 valence electrons. The third-order valence-corrected chi connectivity index (χ3v) is 3.19. The molecule has 0 amide bonds. The highest BCUT2D eigenvalue weighted by Gasteiger charge is 2.13. The fourth-order valence-electron chi connectivity index (χ4n) is 2.19. The summed E-state index contributed by atoms with van der Waals surface area (Å²) in [5.41, 5.74) is 5.35. The van der Waals surface area contributed by atoms with Crippen molar-refractivity contribution in [2.75, 3.05) is 0 Å². The zero-order valence-corrected chi connectivity index (χ0v) is 10.8. The summed E-state index contributed by atoms with van der Waals surface area (Å²) in [4.78, 5) is 4.54. The molecule has 17 heavy (non-hydrogen) atoms. The van der Waals surface area contributed by atoms with Gasteiger partial charge < -0.3 is 9.67 Å². The molecule has 1 heterocycles. The Morgan fingerprint density at radius 1 is 1.24 bits per heavy atom. The number of aliphatic hydroxyl groups excluding tert-OH is 1. The number of nitrogens with zero attached hydrogens (tertiary/aromatic N) is 2. The third kappa shape index (κ3) is 1.98. The van der Waals surface area contributed by atoms with E-state index in [0.717, 1.165) is 22.8 Å². The van der Waals surface area contributed by atoms with E-state index in [4.69, 9.17) is 0 Å². The monoisotopic (exact) mass is 230 g/mol. The van der Waals surface area contributed by atoms with Crippen molar-refractivity contribution in [3.05, 3.63) is 40.7 Å². The van der Waals surface area contributed by atoms with Crippen LogP contribution in [-0.2, 0) is 13.7 Å². The summed E-state index contributed by atoms with van der Waals surface area (Å²) < 4.78 is 1.97. The SMILES string of the molecule is Cc1ccc(-c2nc(C)c(CO)n2C)c(C)c1. The topological polar surface area (TPSA) is 38.1 Å². The molecular formula is C14H18N2O. The van der Waals surface area contributed by atoms with E-state index in [1.807, 2.05) is 18.5 Å². The van der Waals surface area contributed by atoms with Crippen molar-refractivity contribution in [1.82, 2.24) is 9.55 Å². The van der Waals surface area contributed by atoms with E-state index >= 15 is 0 Å². The number of imidazole rings is 1. The molecule has 3 heteroatoms. The molecule has 0 fully saturated rings. The largest absolute Gasteiger partial charge is 0.390 e. The highest BCUT2D eigenvalue weighted by molar-refractivity contribution is 5.62. The Morgan fingerprint density at radius 2 is 1.94 bits per heavy atom. The lowest BCUT2D eigenvalue weighted by Gasteiger charge is -2.08. The Kier molecular flexibility index (Phi) is 3.03. The lowest BCUT2D eigenvalue weighted by atomic mass is 10.1. The van der Waals surface area contributed by atoms with Gasteiger partial charge in [0.2, 0.25) is 0 Å². The first-order chi connectivity index (χ1) is 8.04. The number of benzene rings is 1. The maximum Gasteiger partial charge on any atom is 0.140 e. The van der Waals surface area contributed by atoms with E-state index in [2.05, 4.69) is 37.0 Å². The van der Waals surface area contributed by atoms with Crippen molar-refractivity contribution in [2.24, 2.45) is 7.05 Å². The summed E-state index contributed by atoms with van der Waals surface area (Å²) in [6, 6.07) is 6.33. The zero-order valence-electron chi connectivity index (χ0n) is 10.8. The number of hydrogen-bond donors (Lipinski definition) is 1. The number of rotatable bonds is 2. The van der Waals surface area contributed by atoms with Crippen molar-refractivity contribution >= 4 is 0 Å². The molecule has 3 nitrogen and oxygen atoms in total. The van der Waals surface area contributed by atoms with Crippen molar-refractivity contribution in [3.8, 4) is 11.4 Å². The minimum atomic E-state index is 0.0280. The van der Waals surface area contributed by atoms with Gasteiger partial charge >= 0.3 is 0 Å². The average molecular weight is 230 g/mol. The Hall–Kier alpha value is -1.61. The molecule has 0 spiro atoms. The van der Waals surface area contributed by atoms with Gasteiger partial charge in [-0.1, -0.05) is 23.8 Å². The van der Waals surface area contributed by atoms with Crippen LogP contribution >= 0.6 is 0 Å². The van der Waals surface area contributed by atoms with Gasteiger partial charge in [0.15, 0.2) is 0 Å². The molecular weight excluding hydrogens is 212 g/mol. The van der Waals surface area contributed by atoms with Crippen LogP contribution in [0.15, 0.2) is 18.2 Å². The van der Waals surface area contributed by atoms with Gasteiger partial charge in [0.25, 0.3) is 0 Å². The molecule has 0 saturated heterocycles. The quantitative estimate of drug-likeness (QED) is 0.860. The Balaban J connectivity index is 2.61. The highest BCUT2D eigenvalue weighted by atomic mass is 16.3. The van der Waals surface area contributed by atoms with Crippen LogP contribution in [0.25, 0.3) is 11.4 Å². The van der Waals surface area contributed by atoms with Crippen LogP contribution in [0.2, 0.25) is 0 Å². The second-order valence-electron chi connectivity index (χ2n) is 4.50. The van der Waals surface area contributed by atoms with E-state index in [0.29, 0.717) is 0 Å². The molecule has 0 aliphatic heterocycles. The Labute approximate surface area is 102 Å². The van der Waals surface area contributed by atoms with Gasteiger partial charge in [-0.05, 0) is 26.3 Å². The van der Waals surface area contributed by atoms with Crippen molar-refractivity contribution in [3.63, 3.8) is 0 Å². The van der Waals surface area contributed by atoms with Crippen LogP contribution in [0.4, 0.5) is 0 Å². The highest BCUT2D eigenvalue weighted by Crippen LogP contribution is 2.25. The first-order valence-corrected chi connectivity index (χ1v) is 5.75. The van der Waals surface area contributed by atoms with Gasteiger partial charge in [-0.15, -0.1) is 0 Å². The van der Waals surface area contributed by atoms with Crippen LogP contribution in [-0.4, -0.2) is 14.7 Å². The van der Waals surface area contributed by atoms with Crippen LogP contribution in [0.3, 0.4) is 0 Å². The fourth-order valence-corrected chi connectivity index (χ4v) is 2.19. The first-order valence-electron chi connectivity index (χ1n) is 5.75. The van der Waals surface area contributed by atoms with Crippen molar-refractivity contribution in [1.29, 1.82) is 0 Å². The maximum atomic E-state index is 9.31. The summed E-state index contributed by atoms with van der Waals surface area (Å²) in [7, 11) is 1.94. The molecule has 2 rings (SSSR count). The first kappa shape index (κ1) is 11.9. The summed E-state index contributed by atoms with van der Waals surface area (Å²) in [5.74, 6) is 0.920. The van der Waals surface area contributed by atoms with Gasteiger partial charge in [-0.2, -0.15) is 0 Å². The van der Waals surface area contributed by atoms with Gasteiger partial charge in [-0.25, -0.2) is 4.98 Å². The smallest absolute Gasteiger partial charge is 0.140 e. The standard InChI is InChI=1S/C14H18N2O/c1-9-5-6-12(10(2)7-9)14-15-11(3)13(8-17)16(14)4/h5-7,17H,8H2,1-4H3. The van der Waals surface area contributed by atoms with Gasteiger partial charge in [0, 0.05) is 12.6 Å². The molecule has 1 aromatic heterocycles. The normalized spacial score (nSPS) is 10.9. The molecule has 1 N–H and O–H groups in total. The minimum absolute atomic E-state index is 0.0280. The Morgan fingerprint density at radius 3 is 2.47 bits per heavy atom. The number of aryl methyl sites for hydroxylation is 3. The molecule has 1 aromatic carbocycles. The van der Waals surface area contributed by atoms with Gasteiger partial charge in [-0.3, -0.25) is 0 Å². The molecule has 0 aliphatic rings. The number of aliphatic hydroxyl groups is 1. The number of hydrogen-bond acceptors (Lipinski definition) is 2. The van der Waals surface area contributed by atoms with Crippen molar-refractivity contribution in [2.45, 2.75) is 27.4 Å². The Bertz CT molecular complexity index is 556. The summed E-state index contributed by atoms with van der Waals surface area (Å²) >= 11 is 0. The molecule has 0 atom stereocenters. The molecule has 0 aliphatic carbocycles. The second kappa shape index (κ2) is 4.34. The van der Waals surface area contributed by atoms with Gasteiger partial charge in [0.1, 0.15) is 5.82 Å². The third-order valence-electron chi connectivity index (χ3n) is 3.19. The van der Waals surface area contributed by atoms with Crippen LogP contribution in [0.1, 0.15) is 22.5 Å². The van der Waals surface area contributed by atoms with E-state index in [1.54, 1.807) is 0 Å². The molecule has 0 radical (unpaired) electrons. The summed E-state index contributed by atoms with van der Waals surface area (Å²) in [5, 5.41) is 9.31. The minimum Gasteiger partial charge on any atom is -0.390 e. The molecule has 0 bridgehead atoms. The van der Waals surface area contributed by atoms with E-state index < -0.39 is 0 Å². The maximum absolute atomic E-state index is 9.31. The molecule has 2 aromatic rings. The average Bonchev–Trinajstić information content (AvgIpc) is 2.54. The summed E-state index contributed by atoms with van der Waals surface area (Å²) in [6.07, 6.45) is 0. The predicted molar refractivity (Wildman–Crippen MR) is 68.8 cm³/mol. The molecule has 0 unspecified atom stereocenters. The van der Waals surface area contributed by atoms with Crippen LogP contribution in [0.5, 0.6) is 0 Å². The summed E-state index contributed by atoms with van der Waals surface area (Å²) in [6.45, 7) is 6.13.